The van der Waals surface area contributed by atoms with Gasteiger partial charge in [0, 0.05) is 29.2 Å². The minimum absolute atomic E-state index is 0.00213. The van der Waals surface area contributed by atoms with Gasteiger partial charge in [0.1, 0.15) is 5.75 Å². The number of carbonyl (C=O) groups is 1. The average molecular weight is 343 g/mol. The van der Waals surface area contributed by atoms with E-state index in [-0.39, 0.29) is 11.9 Å². The number of carbonyl (C=O) groups excluding carboxylic acids is 1. The van der Waals surface area contributed by atoms with Crippen LogP contribution in [0.3, 0.4) is 0 Å². The van der Waals surface area contributed by atoms with Gasteiger partial charge in [0.2, 0.25) is 0 Å². The zero-order valence-electron chi connectivity index (χ0n) is 12.5. The summed E-state index contributed by atoms with van der Waals surface area (Å²) in [7, 11) is 0. The Morgan fingerprint density at radius 1 is 1.27 bits per heavy atom. The fourth-order valence-electron chi connectivity index (χ4n) is 3.60. The van der Waals surface area contributed by atoms with Gasteiger partial charge in [-0.1, -0.05) is 23.2 Å². The van der Waals surface area contributed by atoms with Crippen LogP contribution in [-0.4, -0.2) is 36.0 Å². The molecule has 6 heteroatoms. The summed E-state index contributed by atoms with van der Waals surface area (Å²) in [5, 5.41) is 0.979. The lowest BCUT2D eigenvalue weighted by Crippen LogP contribution is -2.40. The van der Waals surface area contributed by atoms with E-state index in [2.05, 4.69) is 0 Å². The van der Waals surface area contributed by atoms with Crippen LogP contribution in [-0.2, 0) is 4.79 Å². The Labute approximate surface area is 140 Å². The molecule has 2 aliphatic rings. The highest BCUT2D eigenvalue weighted by atomic mass is 35.5. The number of hydrogen-bond acceptors (Lipinski definition) is 3. The first-order valence-corrected chi connectivity index (χ1v) is 8.36. The third kappa shape index (κ3) is 3.19. The first-order chi connectivity index (χ1) is 10.4. The smallest absolute Gasteiger partial charge is 0.263 e. The molecule has 4 atom stereocenters. The van der Waals surface area contributed by atoms with Crippen molar-refractivity contribution in [3.8, 4) is 5.75 Å². The number of nitrogens with two attached hydrogens (primary N) is 1. The number of nitrogens with zero attached hydrogens (tertiary/aromatic N) is 1. The highest BCUT2D eigenvalue weighted by Gasteiger charge is 2.43. The fourth-order valence-corrected chi connectivity index (χ4v) is 4.10. The first kappa shape index (κ1) is 15.9. The quantitative estimate of drug-likeness (QED) is 0.918. The fraction of sp³-hybridized carbons (Fsp3) is 0.562. The number of halogens is 2. The molecule has 0 spiro atoms. The van der Waals surface area contributed by atoms with Crippen LogP contribution in [0.2, 0.25) is 10.0 Å². The van der Waals surface area contributed by atoms with E-state index in [0.29, 0.717) is 27.6 Å². The van der Waals surface area contributed by atoms with Crippen LogP contribution in [0.5, 0.6) is 5.75 Å². The summed E-state index contributed by atoms with van der Waals surface area (Å²) in [6.45, 7) is 3.29. The van der Waals surface area contributed by atoms with Crippen LogP contribution in [0.1, 0.15) is 19.8 Å². The first-order valence-electron chi connectivity index (χ1n) is 7.61. The molecule has 1 aromatic carbocycles. The maximum absolute atomic E-state index is 12.6. The number of hydrogen-bond donors (Lipinski definition) is 1. The molecule has 1 saturated heterocycles. The molecule has 4 nitrogen and oxygen atoms in total. The van der Waals surface area contributed by atoms with Gasteiger partial charge in [0.25, 0.3) is 5.91 Å². The van der Waals surface area contributed by atoms with Crippen molar-refractivity contribution in [2.75, 3.05) is 13.1 Å². The summed E-state index contributed by atoms with van der Waals surface area (Å²) in [5.41, 5.74) is 6.12. The predicted molar refractivity (Wildman–Crippen MR) is 87.3 cm³/mol. The van der Waals surface area contributed by atoms with E-state index in [1.807, 2.05) is 4.90 Å². The standard InChI is InChI=1S/C16H20Cl2N2O2/c1-9(22-13-5-11(17)4-12(18)6-13)16(21)20-7-10-2-3-15(19)14(10)8-20/h4-6,9-10,14-15H,2-3,7-8,19H2,1H3. The minimum atomic E-state index is -0.565. The van der Waals surface area contributed by atoms with Crippen molar-refractivity contribution in [1.29, 1.82) is 0 Å². The van der Waals surface area contributed by atoms with Crippen LogP contribution in [0, 0.1) is 11.8 Å². The van der Waals surface area contributed by atoms with Gasteiger partial charge >= 0.3 is 0 Å². The molecule has 1 heterocycles. The predicted octanol–water partition coefficient (Wildman–Crippen LogP) is 2.96. The summed E-state index contributed by atoms with van der Waals surface area (Å²) in [6, 6.07) is 5.18. The molecular weight excluding hydrogens is 323 g/mol. The Morgan fingerprint density at radius 2 is 1.95 bits per heavy atom. The number of fused-ring (bicyclic) bond motifs is 1. The van der Waals surface area contributed by atoms with Gasteiger partial charge in [-0.05, 0) is 49.8 Å². The Morgan fingerprint density at radius 3 is 2.59 bits per heavy atom. The van der Waals surface area contributed by atoms with Crippen molar-refractivity contribution in [2.45, 2.75) is 31.9 Å². The van der Waals surface area contributed by atoms with E-state index in [1.165, 1.54) is 0 Å². The summed E-state index contributed by atoms with van der Waals surface area (Å²) in [5.74, 6) is 1.50. The summed E-state index contributed by atoms with van der Waals surface area (Å²) < 4.78 is 5.71. The molecular formula is C16H20Cl2N2O2. The highest BCUT2D eigenvalue weighted by Crippen LogP contribution is 2.37. The summed E-state index contributed by atoms with van der Waals surface area (Å²) in [6.07, 6.45) is 1.63. The second-order valence-electron chi connectivity index (χ2n) is 6.27. The number of benzene rings is 1. The van der Waals surface area contributed by atoms with Crippen molar-refractivity contribution in [1.82, 2.24) is 4.90 Å². The van der Waals surface area contributed by atoms with E-state index >= 15 is 0 Å². The average Bonchev–Trinajstić information content (AvgIpc) is 2.99. The molecule has 3 rings (SSSR count). The van der Waals surface area contributed by atoms with Gasteiger partial charge in [-0.25, -0.2) is 0 Å². The normalized spacial score (nSPS) is 28.5. The highest BCUT2D eigenvalue weighted by molar-refractivity contribution is 6.34. The van der Waals surface area contributed by atoms with E-state index in [0.717, 1.165) is 25.9 Å². The lowest BCUT2D eigenvalue weighted by atomic mass is 9.98. The third-order valence-corrected chi connectivity index (χ3v) is 5.16. The van der Waals surface area contributed by atoms with Crippen molar-refractivity contribution in [3.63, 3.8) is 0 Å². The van der Waals surface area contributed by atoms with Crippen LogP contribution in [0.4, 0.5) is 0 Å². The van der Waals surface area contributed by atoms with Crippen LogP contribution in [0.15, 0.2) is 18.2 Å². The van der Waals surface area contributed by atoms with Gasteiger partial charge in [-0.15, -0.1) is 0 Å². The van der Waals surface area contributed by atoms with Crippen LogP contribution < -0.4 is 10.5 Å². The molecule has 1 aliphatic carbocycles. The van der Waals surface area contributed by atoms with Gasteiger partial charge in [0.05, 0.1) is 0 Å². The van der Waals surface area contributed by atoms with Crippen LogP contribution >= 0.6 is 23.2 Å². The van der Waals surface area contributed by atoms with Crippen molar-refractivity contribution >= 4 is 29.1 Å². The number of amides is 1. The second-order valence-corrected chi connectivity index (χ2v) is 7.15. The SMILES string of the molecule is CC(Oc1cc(Cl)cc(Cl)c1)C(=O)N1CC2CCC(N)C2C1. The Balaban J connectivity index is 1.63. The van der Waals surface area contributed by atoms with Gasteiger partial charge in [-0.3, -0.25) is 4.79 Å². The summed E-state index contributed by atoms with van der Waals surface area (Å²) in [4.78, 5) is 14.4. The number of likely N-dealkylation sites (tertiary alicyclic amines) is 1. The minimum Gasteiger partial charge on any atom is -0.481 e. The molecule has 120 valence electrons. The molecule has 0 radical (unpaired) electrons. The zero-order chi connectivity index (χ0) is 15.9. The van der Waals surface area contributed by atoms with Crippen molar-refractivity contribution < 1.29 is 9.53 Å². The maximum Gasteiger partial charge on any atom is 0.263 e. The molecule has 1 aliphatic heterocycles. The molecule has 22 heavy (non-hydrogen) atoms. The zero-order valence-corrected chi connectivity index (χ0v) is 14.0. The van der Waals surface area contributed by atoms with E-state index in [1.54, 1.807) is 25.1 Å². The van der Waals surface area contributed by atoms with E-state index < -0.39 is 6.10 Å². The lowest BCUT2D eigenvalue weighted by molar-refractivity contribution is -0.137. The number of ether oxygens (including phenoxy) is 1. The number of rotatable bonds is 3. The Bertz CT molecular complexity index is 561. The summed E-state index contributed by atoms with van der Waals surface area (Å²) >= 11 is 11.9. The van der Waals surface area contributed by atoms with Gasteiger partial charge in [0.15, 0.2) is 6.10 Å². The molecule has 0 aromatic heterocycles. The largest absolute Gasteiger partial charge is 0.481 e. The van der Waals surface area contributed by atoms with Crippen molar-refractivity contribution in [2.24, 2.45) is 17.6 Å². The second kappa shape index (κ2) is 6.26. The van der Waals surface area contributed by atoms with E-state index in [9.17, 15) is 4.79 Å². The molecule has 1 aromatic rings. The lowest BCUT2D eigenvalue weighted by Gasteiger charge is -2.23. The molecule has 4 unspecified atom stereocenters. The topological polar surface area (TPSA) is 55.6 Å². The Hall–Kier alpha value is -0.970. The molecule has 2 N–H and O–H groups in total. The van der Waals surface area contributed by atoms with Crippen LogP contribution in [0.25, 0.3) is 0 Å². The molecule has 1 saturated carbocycles. The maximum atomic E-state index is 12.6. The molecule has 2 fully saturated rings. The monoisotopic (exact) mass is 342 g/mol. The Kier molecular flexibility index (Phi) is 4.53. The molecule has 0 bridgehead atoms. The molecule has 1 amide bonds. The van der Waals surface area contributed by atoms with Gasteiger partial charge < -0.3 is 15.4 Å². The third-order valence-electron chi connectivity index (χ3n) is 4.72. The van der Waals surface area contributed by atoms with E-state index in [4.69, 9.17) is 33.7 Å². The van der Waals surface area contributed by atoms with Gasteiger partial charge in [-0.2, -0.15) is 0 Å². The van der Waals surface area contributed by atoms with Crippen molar-refractivity contribution in [3.05, 3.63) is 28.2 Å².